The Hall–Kier alpha value is -19.8. The molecule has 690 valence electrons. The van der Waals surface area contributed by atoms with E-state index >= 15 is 0 Å². The van der Waals surface area contributed by atoms with E-state index in [1.165, 1.54) is 104 Å². The molecule has 0 amide bonds. The molecule has 0 radical (unpaired) electrons. The van der Waals surface area contributed by atoms with E-state index < -0.39 is 0 Å². The summed E-state index contributed by atoms with van der Waals surface area (Å²) in [5.41, 5.74) is 29.7. The van der Waals surface area contributed by atoms with Crippen molar-refractivity contribution in [1.29, 1.82) is 0 Å². The lowest BCUT2D eigenvalue weighted by atomic mass is 9.82. The van der Waals surface area contributed by atoms with Gasteiger partial charge in [-0.1, -0.05) is 408 Å². The largest absolute Gasteiger partial charge is 0.309 e. The van der Waals surface area contributed by atoms with Crippen LogP contribution in [0.1, 0.15) is 25.0 Å². The van der Waals surface area contributed by atoms with Crippen LogP contribution in [0.25, 0.3) is 256 Å². The van der Waals surface area contributed by atoms with Crippen molar-refractivity contribution < 1.29 is 0 Å². The van der Waals surface area contributed by atoms with Gasteiger partial charge in [-0.25, -0.2) is 15.0 Å². The molecule has 0 saturated carbocycles. The van der Waals surface area contributed by atoms with Crippen molar-refractivity contribution >= 4 is 131 Å². The predicted molar refractivity (Wildman–Crippen MR) is 601 cm³/mol. The van der Waals surface area contributed by atoms with Crippen LogP contribution in [-0.4, -0.2) is 72.3 Å². The summed E-state index contributed by atoms with van der Waals surface area (Å²) in [6.07, 6.45) is 0. The predicted octanol–water partition coefficient (Wildman–Crippen LogP) is 32.2. The van der Waals surface area contributed by atoms with E-state index in [0.29, 0.717) is 52.8 Å². The molecule has 15 heteroatoms. The molecule has 0 bridgehead atoms. The van der Waals surface area contributed by atoms with Gasteiger partial charge in [-0.15, -0.1) is 0 Å². The highest BCUT2D eigenvalue weighted by atomic mass is 15.2. The van der Waals surface area contributed by atoms with Gasteiger partial charge in [0.1, 0.15) is 0 Å². The Bertz CT molecular complexity index is 10200. The molecule has 0 aliphatic heterocycles. The van der Waals surface area contributed by atoms with Gasteiger partial charge in [0.25, 0.3) is 0 Å². The van der Waals surface area contributed by atoms with Crippen molar-refractivity contribution in [2.45, 2.75) is 19.3 Å². The smallest absolute Gasteiger partial charge is 0.238 e. The van der Waals surface area contributed by atoms with E-state index in [4.69, 9.17) is 44.9 Å². The van der Waals surface area contributed by atoms with E-state index in [1.54, 1.807) is 0 Å². The number of nitrogens with zero attached hydrogens (tertiary/aromatic N) is 15. The number of hydrogen-bond donors (Lipinski definition) is 0. The molecule has 1 aliphatic rings. The second-order valence-electron chi connectivity index (χ2n) is 37.9. The Morgan fingerprint density at radius 3 is 0.714 bits per heavy atom. The summed E-state index contributed by atoms with van der Waals surface area (Å²) in [6.45, 7) is 4.62. The maximum Gasteiger partial charge on any atom is 0.238 e. The van der Waals surface area contributed by atoms with E-state index in [9.17, 15) is 0 Å². The minimum Gasteiger partial charge on any atom is -0.309 e. The zero-order chi connectivity index (χ0) is 97.3. The third-order valence-electron chi connectivity index (χ3n) is 29.1. The minimum atomic E-state index is -0.143. The first-order valence-corrected chi connectivity index (χ1v) is 49.7. The van der Waals surface area contributed by atoms with Crippen molar-refractivity contribution in [1.82, 2.24) is 72.3 Å². The molecule has 1 aliphatic carbocycles. The highest BCUT2D eigenvalue weighted by molar-refractivity contribution is 6.29. The summed E-state index contributed by atoms with van der Waals surface area (Å²) in [7, 11) is 0. The van der Waals surface area contributed by atoms with Crippen LogP contribution in [0, 0.1) is 0 Å². The summed E-state index contributed by atoms with van der Waals surface area (Å²) in [5, 5.41) is 14.2. The van der Waals surface area contributed by atoms with Crippen molar-refractivity contribution in [2.24, 2.45) is 0 Å². The van der Waals surface area contributed by atoms with Crippen LogP contribution in [0.3, 0.4) is 0 Å². The molecule has 0 saturated heterocycles. The number of hydrogen-bond acceptors (Lipinski definition) is 9. The Balaban J connectivity index is 0.000000107. The third kappa shape index (κ3) is 14.1. The van der Waals surface area contributed by atoms with Gasteiger partial charge in [-0.05, 0) is 130 Å². The van der Waals surface area contributed by atoms with Crippen LogP contribution in [0.4, 0.5) is 0 Å². The second-order valence-corrected chi connectivity index (χ2v) is 37.9. The number of para-hydroxylation sites is 9. The third-order valence-corrected chi connectivity index (χ3v) is 29.1. The molecule has 0 atom stereocenters. The summed E-state index contributed by atoms with van der Waals surface area (Å²) >= 11 is 0. The zero-order valence-corrected chi connectivity index (χ0v) is 80.0. The van der Waals surface area contributed by atoms with Crippen LogP contribution in [0.5, 0.6) is 0 Å². The van der Waals surface area contributed by atoms with Crippen LogP contribution in [0.15, 0.2) is 491 Å². The molecule has 29 aromatic rings. The van der Waals surface area contributed by atoms with E-state index in [1.807, 2.05) is 103 Å². The van der Waals surface area contributed by atoms with Crippen LogP contribution < -0.4 is 0 Å². The summed E-state index contributed by atoms with van der Waals surface area (Å²) in [4.78, 5) is 46.3. The molecular formula is C132H87N15. The minimum absolute atomic E-state index is 0.143. The molecule has 20 aromatic carbocycles. The first-order valence-electron chi connectivity index (χ1n) is 49.7. The van der Waals surface area contributed by atoms with Crippen molar-refractivity contribution in [3.8, 4) is 125 Å². The van der Waals surface area contributed by atoms with Crippen LogP contribution in [0.2, 0.25) is 0 Å². The lowest BCUT2D eigenvalue weighted by Gasteiger charge is -2.21. The number of fused-ring (bicyclic) bond motifs is 24. The molecule has 15 nitrogen and oxygen atoms in total. The molecule has 0 fully saturated rings. The normalized spacial score (nSPS) is 12.2. The summed E-state index contributed by atoms with van der Waals surface area (Å²) in [5.74, 6) is 5.57. The van der Waals surface area contributed by atoms with Gasteiger partial charge in [0.05, 0.1) is 66.2 Å². The summed E-state index contributed by atoms with van der Waals surface area (Å²) in [6, 6.07) is 172. The van der Waals surface area contributed by atoms with E-state index in [2.05, 4.69) is 429 Å². The average molecular weight is 1880 g/mol. The fourth-order valence-electron chi connectivity index (χ4n) is 22.5. The SMILES string of the molecule is CC1(C)c2ccccc2-c2ccc(-c3nc(-c4ccccc4)nc(-n4c5ccccc5c5c4ccc4c6ccccc6n(-c6ccccc6)c45)n3)cc21.c1ccc(-c2ccc(-c3nc(-c4ccccc4)nc(-n4c5ccccc5c5c4ccc4c6ccccc6n(-c6ccccc6)c45)n3)cc2)cc1.c1ccc(-c2nc(-c3ccccc3)nc(-n3c4ccccc4c4c3ccc3c5ccccc5n(-c5ccccc5)c34)n2)cc1. The fraction of sp³-hybridized carbons (Fsp3) is 0.0227. The first kappa shape index (κ1) is 85.2. The molecule has 0 N–H and O–H groups in total. The van der Waals surface area contributed by atoms with Gasteiger partial charge in [0.2, 0.25) is 17.8 Å². The quantitative estimate of drug-likeness (QED) is 0.110. The standard InChI is InChI=1S/C48H33N5.C45H29N5.C39H25N5/c1-48(2)38-22-12-9-19-33(38)34-26-25-31(29-39(34)48)46-49-45(30-15-5-3-6-16-30)50-47(51-46)53-41-24-14-11-21-37(41)43-42(53)28-27-36-35-20-10-13-23-40(35)52(44(36)43)32-17-7-4-8-18-32;1-4-14-30(15-5-1)31-24-26-33(27-25-31)44-46-43(32-16-6-2-7-17-32)47-45(48-44)50-39-23-13-11-21-37(39)41-40(50)29-28-36-35-20-10-12-22-38(35)49(42(36)41)34-18-8-3-9-19-34;1-4-14-26(15-5-1)37-40-38(27-16-6-2-7-17-27)42-39(41-37)44-33-23-13-11-21-31(33)35-34(44)25-24-30-29-20-10-12-22-32(29)43(36(30)35)28-18-8-3-9-19-28/h3-29H,1-2H3;1-29H;1-25H. The molecule has 9 heterocycles. The van der Waals surface area contributed by atoms with Crippen LogP contribution in [-0.2, 0) is 5.41 Å². The fourth-order valence-corrected chi connectivity index (χ4v) is 22.5. The topological polar surface area (TPSA) is 146 Å². The van der Waals surface area contributed by atoms with Gasteiger partial charge in [-0.2, -0.15) is 29.9 Å². The van der Waals surface area contributed by atoms with Gasteiger partial charge in [0.15, 0.2) is 34.9 Å². The molecule has 0 spiro atoms. The van der Waals surface area contributed by atoms with E-state index in [-0.39, 0.29) is 5.41 Å². The number of rotatable bonds is 13. The van der Waals surface area contributed by atoms with Gasteiger partial charge < -0.3 is 13.7 Å². The molecule has 147 heavy (non-hydrogen) atoms. The average Bonchev–Trinajstić information content (AvgIpc) is 1.55. The Kier molecular flexibility index (Phi) is 20.2. The monoisotopic (exact) mass is 1880 g/mol. The maximum absolute atomic E-state index is 5.33. The molecule has 30 rings (SSSR count). The summed E-state index contributed by atoms with van der Waals surface area (Å²) < 4.78 is 13.8. The lowest BCUT2D eigenvalue weighted by molar-refractivity contribution is 0.660. The Morgan fingerprint density at radius 2 is 0.388 bits per heavy atom. The van der Waals surface area contributed by atoms with Crippen molar-refractivity contribution in [2.75, 3.05) is 0 Å². The maximum atomic E-state index is 5.33. The molecule has 0 unspecified atom stereocenters. The molecule has 9 aromatic heterocycles. The number of aromatic nitrogens is 15. The second kappa shape index (κ2) is 34.9. The molecular weight excluding hydrogens is 1800 g/mol. The lowest BCUT2D eigenvalue weighted by Crippen LogP contribution is -2.15. The van der Waals surface area contributed by atoms with Crippen LogP contribution >= 0.6 is 0 Å². The Labute approximate surface area is 844 Å². The highest BCUT2D eigenvalue weighted by Crippen LogP contribution is 2.52. The van der Waals surface area contributed by atoms with Gasteiger partial charge in [0, 0.05) is 120 Å². The van der Waals surface area contributed by atoms with Gasteiger partial charge >= 0.3 is 0 Å². The van der Waals surface area contributed by atoms with Gasteiger partial charge in [-0.3, -0.25) is 13.7 Å². The number of benzene rings is 20. The van der Waals surface area contributed by atoms with E-state index in [0.717, 1.165) is 111 Å². The van der Waals surface area contributed by atoms with Crippen molar-refractivity contribution in [3.63, 3.8) is 0 Å². The zero-order valence-electron chi connectivity index (χ0n) is 80.0. The highest BCUT2D eigenvalue weighted by Gasteiger charge is 2.37. The first-order chi connectivity index (χ1) is 72.7. The van der Waals surface area contributed by atoms with Crippen molar-refractivity contribution in [3.05, 3.63) is 503 Å². The Morgan fingerprint density at radius 1 is 0.156 bits per heavy atom.